The van der Waals surface area contributed by atoms with Crippen LogP contribution in [0, 0.1) is 6.92 Å². The van der Waals surface area contributed by atoms with Gasteiger partial charge in [-0.3, -0.25) is 0 Å². The van der Waals surface area contributed by atoms with Crippen LogP contribution in [0.15, 0.2) is 53.7 Å². The molecular weight excluding hydrogens is 262 g/mol. The molecule has 0 bridgehead atoms. The monoisotopic (exact) mass is 275 g/mol. The molecule has 0 spiro atoms. The molecule has 0 fully saturated rings. The van der Waals surface area contributed by atoms with Gasteiger partial charge in [0.2, 0.25) is 0 Å². The van der Waals surface area contributed by atoms with E-state index in [2.05, 4.69) is 5.16 Å². The van der Waals surface area contributed by atoms with Crippen molar-refractivity contribution in [3.8, 4) is 5.75 Å². The van der Waals surface area contributed by atoms with E-state index in [1.165, 1.54) is 0 Å². The highest BCUT2D eigenvalue weighted by molar-refractivity contribution is 6.69. The fourth-order valence-electron chi connectivity index (χ4n) is 1.71. The van der Waals surface area contributed by atoms with E-state index in [1.807, 2.05) is 49.4 Å². The van der Waals surface area contributed by atoms with Crippen LogP contribution in [0.3, 0.4) is 0 Å². The van der Waals surface area contributed by atoms with Gasteiger partial charge in [0.25, 0.3) is 0 Å². The molecule has 2 aromatic carbocycles. The molecule has 2 aromatic rings. The van der Waals surface area contributed by atoms with Crippen molar-refractivity contribution in [2.75, 3.05) is 0 Å². The first-order valence-electron chi connectivity index (χ1n) is 5.86. The molecule has 0 unspecified atom stereocenters. The molecule has 0 heterocycles. The minimum absolute atomic E-state index is 0.0580. The highest BCUT2D eigenvalue weighted by Crippen LogP contribution is 2.20. The summed E-state index contributed by atoms with van der Waals surface area (Å²) < 4.78 is 5.69. The van der Waals surface area contributed by atoms with Crippen molar-refractivity contribution in [1.82, 2.24) is 0 Å². The van der Waals surface area contributed by atoms with Gasteiger partial charge in [0.05, 0.1) is 0 Å². The summed E-state index contributed by atoms with van der Waals surface area (Å²) in [5, 5.41) is 11.8. The standard InChI is InChI=1S/C15H14ClNO2/c1-11-7-8-13(9-14(11)15(16)17-18)19-10-12-5-3-2-4-6-12/h2-9,18H,10H2,1H3/b17-15+. The third-order valence-corrected chi connectivity index (χ3v) is 3.05. The van der Waals surface area contributed by atoms with E-state index in [-0.39, 0.29) is 5.17 Å². The number of hydrogen-bond donors (Lipinski definition) is 1. The number of nitrogens with zero attached hydrogens (tertiary/aromatic N) is 1. The molecule has 1 N–H and O–H groups in total. The van der Waals surface area contributed by atoms with Crippen LogP contribution < -0.4 is 4.74 Å². The van der Waals surface area contributed by atoms with Crippen LogP contribution in [0.4, 0.5) is 0 Å². The minimum Gasteiger partial charge on any atom is -0.489 e. The van der Waals surface area contributed by atoms with Crippen molar-refractivity contribution in [3.05, 3.63) is 65.2 Å². The van der Waals surface area contributed by atoms with E-state index in [0.29, 0.717) is 17.9 Å². The summed E-state index contributed by atoms with van der Waals surface area (Å²) in [6.45, 7) is 2.38. The Kier molecular flexibility index (Phi) is 4.42. The van der Waals surface area contributed by atoms with Gasteiger partial charge in [-0.15, -0.1) is 0 Å². The molecule has 0 aliphatic rings. The number of halogens is 1. The van der Waals surface area contributed by atoms with Crippen molar-refractivity contribution < 1.29 is 9.94 Å². The topological polar surface area (TPSA) is 41.8 Å². The second-order valence-electron chi connectivity index (χ2n) is 4.14. The Hall–Kier alpha value is -2.00. The third-order valence-electron chi connectivity index (χ3n) is 2.77. The Balaban J connectivity index is 2.13. The first-order chi connectivity index (χ1) is 9.20. The lowest BCUT2D eigenvalue weighted by Gasteiger charge is -2.09. The van der Waals surface area contributed by atoms with Crippen LogP contribution in [0.25, 0.3) is 0 Å². The maximum Gasteiger partial charge on any atom is 0.175 e. The molecule has 0 atom stereocenters. The molecule has 3 nitrogen and oxygen atoms in total. The molecule has 0 aliphatic carbocycles. The molecule has 98 valence electrons. The Bertz CT molecular complexity index is 582. The number of ether oxygens (including phenoxy) is 1. The van der Waals surface area contributed by atoms with Crippen LogP contribution in [0.1, 0.15) is 16.7 Å². The van der Waals surface area contributed by atoms with Gasteiger partial charge in [-0.05, 0) is 30.2 Å². The smallest absolute Gasteiger partial charge is 0.175 e. The second kappa shape index (κ2) is 6.25. The highest BCUT2D eigenvalue weighted by atomic mass is 35.5. The SMILES string of the molecule is Cc1ccc(OCc2ccccc2)cc1/C(Cl)=N\O. The Morgan fingerprint density at radius 2 is 1.95 bits per heavy atom. The molecule has 19 heavy (non-hydrogen) atoms. The molecule has 0 saturated carbocycles. The van der Waals surface area contributed by atoms with Crippen LogP contribution in [-0.2, 0) is 6.61 Å². The molecule has 0 aliphatic heterocycles. The number of rotatable bonds is 4. The van der Waals surface area contributed by atoms with Crippen molar-refractivity contribution in [2.45, 2.75) is 13.5 Å². The predicted molar refractivity (Wildman–Crippen MR) is 76.1 cm³/mol. The largest absolute Gasteiger partial charge is 0.489 e. The number of hydrogen-bond acceptors (Lipinski definition) is 3. The van der Waals surface area contributed by atoms with E-state index in [0.717, 1.165) is 11.1 Å². The van der Waals surface area contributed by atoms with Crippen LogP contribution in [-0.4, -0.2) is 10.4 Å². The van der Waals surface area contributed by atoms with Crippen molar-refractivity contribution in [2.24, 2.45) is 5.16 Å². The summed E-state index contributed by atoms with van der Waals surface area (Å²) >= 11 is 5.83. The van der Waals surface area contributed by atoms with Crippen molar-refractivity contribution >= 4 is 16.8 Å². The maximum atomic E-state index is 8.73. The lowest BCUT2D eigenvalue weighted by atomic mass is 10.1. The summed E-state index contributed by atoms with van der Waals surface area (Å²) in [7, 11) is 0. The first kappa shape index (κ1) is 13.4. The third kappa shape index (κ3) is 3.48. The molecular formula is C15H14ClNO2. The van der Waals surface area contributed by atoms with Crippen LogP contribution in [0.2, 0.25) is 0 Å². The quantitative estimate of drug-likeness (QED) is 0.521. The zero-order valence-corrected chi connectivity index (χ0v) is 11.3. The van der Waals surface area contributed by atoms with Gasteiger partial charge in [-0.2, -0.15) is 0 Å². The first-order valence-corrected chi connectivity index (χ1v) is 6.24. The Morgan fingerprint density at radius 3 is 2.63 bits per heavy atom. The lowest BCUT2D eigenvalue weighted by molar-refractivity contribution is 0.306. The van der Waals surface area contributed by atoms with E-state index >= 15 is 0 Å². The Morgan fingerprint density at radius 1 is 1.21 bits per heavy atom. The van der Waals surface area contributed by atoms with Crippen molar-refractivity contribution in [1.29, 1.82) is 0 Å². The predicted octanol–water partition coefficient (Wildman–Crippen LogP) is 3.95. The normalized spacial score (nSPS) is 11.4. The minimum atomic E-state index is 0.0580. The van der Waals surface area contributed by atoms with Crippen LogP contribution in [0.5, 0.6) is 5.75 Å². The number of benzene rings is 2. The Labute approximate surface area is 117 Å². The number of aryl methyl sites for hydroxylation is 1. The molecule has 2 rings (SSSR count). The molecule has 0 amide bonds. The van der Waals surface area contributed by atoms with E-state index in [1.54, 1.807) is 6.07 Å². The molecule has 0 radical (unpaired) electrons. The lowest BCUT2D eigenvalue weighted by Crippen LogP contribution is -1.99. The molecule has 0 saturated heterocycles. The average molecular weight is 276 g/mol. The van der Waals surface area contributed by atoms with Gasteiger partial charge in [0, 0.05) is 5.56 Å². The van der Waals surface area contributed by atoms with Gasteiger partial charge in [0.1, 0.15) is 12.4 Å². The van der Waals surface area contributed by atoms with Gasteiger partial charge in [-0.1, -0.05) is 53.2 Å². The van der Waals surface area contributed by atoms with Crippen LogP contribution >= 0.6 is 11.6 Å². The fraction of sp³-hybridized carbons (Fsp3) is 0.133. The molecule has 0 aromatic heterocycles. The van der Waals surface area contributed by atoms with Gasteiger partial charge < -0.3 is 9.94 Å². The maximum absolute atomic E-state index is 8.73. The summed E-state index contributed by atoms with van der Waals surface area (Å²) in [6.07, 6.45) is 0. The zero-order valence-electron chi connectivity index (χ0n) is 10.5. The van der Waals surface area contributed by atoms with Gasteiger partial charge in [-0.25, -0.2) is 0 Å². The van der Waals surface area contributed by atoms with E-state index in [4.69, 9.17) is 21.5 Å². The molecule has 4 heteroatoms. The average Bonchev–Trinajstić information content (AvgIpc) is 2.46. The summed E-state index contributed by atoms with van der Waals surface area (Å²) in [6, 6.07) is 15.4. The summed E-state index contributed by atoms with van der Waals surface area (Å²) in [4.78, 5) is 0. The van der Waals surface area contributed by atoms with E-state index in [9.17, 15) is 0 Å². The fourth-order valence-corrected chi connectivity index (χ4v) is 1.91. The summed E-state index contributed by atoms with van der Waals surface area (Å²) in [5.41, 5.74) is 2.68. The zero-order chi connectivity index (χ0) is 13.7. The highest BCUT2D eigenvalue weighted by Gasteiger charge is 2.07. The van der Waals surface area contributed by atoms with Gasteiger partial charge in [0.15, 0.2) is 5.17 Å². The van der Waals surface area contributed by atoms with Crippen molar-refractivity contribution in [3.63, 3.8) is 0 Å². The van der Waals surface area contributed by atoms with E-state index < -0.39 is 0 Å². The second-order valence-corrected chi connectivity index (χ2v) is 4.50. The number of oxime groups is 1. The van der Waals surface area contributed by atoms with Gasteiger partial charge >= 0.3 is 0 Å². The summed E-state index contributed by atoms with van der Waals surface area (Å²) in [5.74, 6) is 0.686.